The molecule has 0 fully saturated rings. The smallest absolute Gasteiger partial charge is 0.241 e. The number of para-hydroxylation sites is 1. The number of nitrogens with one attached hydrogen (secondary N) is 1. The van der Waals surface area contributed by atoms with Gasteiger partial charge in [0.05, 0.1) is 12.3 Å². The first-order valence-corrected chi connectivity index (χ1v) is 4.54. The zero-order valence-corrected chi connectivity index (χ0v) is 8.18. The van der Waals surface area contributed by atoms with E-state index in [1.807, 2.05) is 18.2 Å². The zero-order chi connectivity index (χ0) is 11.1. The fourth-order valence-electron chi connectivity index (χ4n) is 1.04. The van der Waals surface area contributed by atoms with E-state index in [-0.39, 0.29) is 12.1 Å². The van der Waals surface area contributed by atoms with E-state index in [0.29, 0.717) is 12.4 Å². The van der Waals surface area contributed by atoms with Crippen molar-refractivity contribution in [2.24, 2.45) is 0 Å². The molecule has 1 aromatic rings. The van der Waals surface area contributed by atoms with E-state index in [4.69, 9.17) is 10.1 Å². The normalized spacial score (nSPS) is 9.60. The molecular weight excluding hydrogens is 196 g/mol. The second-order valence-corrected chi connectivity index (χ2v) is 3.01. The van der Waals surface area contributed by atoms with Gasteiger partial charge < -0.3 is 10.1 Å². The van der Waals surface area contributed by atoms with Crippen LogP contribution in [0.4, 0.5) is 0 Å². The first-order valence-electron chi connectivity index (χ1n) is 4.54. The fraction of sp³-hybridized carbons (Fsp3) is 0.300. The number of nitro groups is 1. The maximum Gasteiger partial charge on any atom is 0.241 e. The van der Waals surface area contributed by atoms with Gasteiger partial charge in [-0.05, 0) is 12.1 Å². The molecule has 1 N–H and O–H groups in total. The Balaban J connectivity index is 2.22. The molecule has 5 nitrogen and oxygen atoms in total. The van der Waals surface area contributed by atoms with Gasteiger partial charge in [0.25, 0.3) is 0 Å². The van der Waals surface area contributed by atoms with Crippen molar-refractivity contribution in [1.29, 1.82) is 5.41 Å². The average molecular weight is 208 g/mol. The van der Waals surface area contributed by atoms with Gasteiger partial charge >= 0.3 is 0 Å². The van der Waals surface area contributed by atoms with Gasteiger partial charge in [0.15, 0.2) is 0 Å². The highest BCUT2D eigenvalue weighted by Gasteiger charge is 2.04. The summed E-state index contributed by atoms with van der Waals surface area (Å²) in [7, 11) is 0. The molecule has 0 saturated heterocycles. The van der Waals surface area contributed by atoms with Crippen molar-refractivity contribution in [3.8, 4) is 5.75 Å². The van der Waals surface area contributed by atoms with Crippen molar-refractivity contribution in [3.05, 3.63) is 40.4 Å². The Bertz CT molecular complexity index is 338. The molecule has 0 amide bonds. The van der Waals surface area contributed by atoms with Gasteiger partial charge in [-0.25, -0.2) is 0 Å². The van der Waals surface area contributed by atoms with Crippen molar-refractivity contribution in [2.45, 2.75) is 6.42 Å². The Labute approximate surface area is 87.3 Å². The summed E-state index contributed by atoms with van der Waals surface area (Å²) < 4.78 is 5.29. The number of hydrogen-bond acceptors (Lipinski definition) is 4. The maximum absolute atomic E-state index is 10.1. The summed E-state index contributed by atoms with van der Waals surface area (Å²) in [5.41, 5.74) is 0.0796. The minimum absolute atomic E-state index is 0.0796. The van der Waals surface area contributed by atoms with Crippen molar-refractivity contribution >= 4 is 5.71 Å². The van der Waals surface area contributed by atoms with Crippen molar-refractivity contribution < 1.29 is 9.66 Å². The third-order valence-corrected chi connectivity index (χ3v) is 1.74. The first-order chi connectivity index (χ1) is 7.18. The Hall–Kier alpha value is -1.91. The lowest BCUT2D eigenvalue weighted by Crippen LogP contribution is -2.15. The topological polar surface area (TPSA) is 76.2 Å². The number of benzene rings is 1. The minimum atomic E-state index is -0.509. The SMILES string of the molecule is N=C(CCOc1ccccc1)C[N+](=O)[O-]. The molecule has 0 aliphatic heterocycles. The van der Waals surface area contributed by atoms with E-state index in [2.05, 4.69) is 0 Å². The number of rotatable bonds is 6. The largest absolute Gasteiger partial charge is 0.493 e. The molecule has 0 aliphatic carbocycles. The van der Waals surface area contributed by atoms with E-state index < -0.39 is 11.5 Å². The quantitative estimate of drug-likeness (QED) is 0.439. The lowest BCUT2D eigenvalue weighted by Gasteiger charge is -2.04. The predicted molar refractivity (Wildman–Crippen MR) is 56.1 cm³/mol. The van der Waals surface area contributed by atoms with Gasteiger partial charge in [-0.3, -0.25) is 10.1 Å². The van der Waals surface area contributed by atoms with Crippen LogP contribution in [0.25, 0.3) is 0 Å². The van der Waals surface area contributed by atoms with Crippen LogP contribution in [0.1, 0.15) is 6.42 Å². The molecule has 0 bridgehead atoms. The Morgan fingerprint density at radius 3 is 2.67 bits per heavy atom. The van der Waals surface area contributed by atoms with Crippen LogP contribution in [-0.4, -0.2) is 23.8 Å². The number of nitrogens with zero attached hydrogens (tertiary/aromatic N) is 1. The van der Waals surface area contributed by atoms with Gasteiger partial charge in [-0.2, -0.15) is 0 Å². The summed E-state index contributed by atoms with van der Waals surface area (Å²) in [5.74, 6) is 0.714. The Morgan fingerprint density at radius 2 is 2.07 bits per heavy atom. The van der Waals surface area contributed by atoms with Crippen LogP contribution < -0.4 is 4.74 Å². The van der Waals surface area contributed by atoms with Gasteiger partial charge in [0, 0.05) is 11.3 Å². The molecule has 15 heavy (non-hydrogen) atoms. The molecule has 1 aromatic carbocycles. The standard InChI is InChI=1S/C10H12N2O3/c11-9(8-12(13)14)6-7-15-10-4-2-1-3-5-10/h1-5,11H,6-8H2. The summed E-state index contributed by atoms with van der Waals surface area (Å²) >= 11 is 0. The van der Waals surface area contributed by atoms with Crippen LogP contribution >= 0.6 is 0 Å². The second kappa shape index (κ2) is 5.74. The van der Waals surface area contributed by atoms with Gasteiger partial charge in [0.1, 0.15) is 5.75 Å². The number of hydrogen-bond donors (Lipinski definition) is 1. The molecule has 0 spiro atoms. The second-order valence-electron chi connectivity index (χ2n) is 3.01. The summed E-state index contributed by atoms with van der Waals surface area (Å²) in [6.07, 6.45) is 0.288. The number of ether oxygens (including phenoxy) is 1. The molecular formula is C10H12N2O3. The average Bonchev–Trinajstić information content (AvgIpc) is 2.18. The lowest BCUT2D eigenvalue weighted by molar-refractivity contribution is -0.463. The predicted octanol–water partition coefficient (Wildman–Crippen LogP) is 1.75. The van der Waals surface area contributed by atoms with Crippen molar-refractivity contribution in [3.63, 3.8) is 0 Å². The molecule has 80 valence electrons. The van der Waals surface area contributed by atoms with E-state index in [1.165, 1.54) is 0 Å². The summed E-state index contributed by atoms with van der Waals surface area (Å²) in [6, 6.07) is 9.17. The third-order valence-electron chi connectivity index (χ3n) is 1.74. The van der Waals surface area contributed by atoms with Crippen molar-refractivity contribution in [1.82, 2.24) is 0 Å². The van der Waals surface area contributed by atoms with Crippen molar-refractivity contribution in [2.75, 3.05) is 13.2 Å². The van der Waals surface area contributed by atoms with Crippen LogP contribution in [0.5, 0.6) is 5.75 Å². The highest BCUT2D eigenvalue weighted by molar-refractivity contribution is 5.82. The molecule has 1 rings (SSSR count). The zero-order valence-electron chi connectivity index (χ0n) is 8.18. The molecule has 0 radical (unpaired) electrons. The Kier molecular flexibility index (Phi) is 4.28. The molecule has 0 atom stereocenters. The van der Waals surface area contributed by atoms with Crippen LogP contribution in [0.2, 0.25) is 0 Å². The third kappa shape index (κ3) is 4.75. The van der Waals surface area contributed by atoms with E-state index in [0.717, 1.165) is 0 Å². The summed E-state index contributed by atoms with van der Waals surface area (Å²) in [5, 5.41) is 17.3. The van der Waals surface area contributed by atoms with Crippen LogP contribution in [0.3, 0.4) is 0 Å². The molecule has 0 heterocycles. The molecule has 5 heteroatoms. The Morgan fingerprint density at radius 1 is 1.40 bits per heavy atom. The van der Waals surface area contributed by atoms with E-state index in [1.54, 1.807) is 12.1 Å². The monoisotopic (exact) mass is 208 g/mol. The van der Waals surface area contributed by atoms with E-state index in [9.17, 15) is 10.1 Å². The van der Waals surface area contributed by atoms with Gasteiger partial charge in [-0.1, -0.05) is 18.2 Å². The summed E-state index contributed by atoms with van der Waals surface area (Å²) in [4.78, 5) is 9.56. The first kappa shape index (κ1) is 11.2. The molecule has 0 saturated carbocycles. The molecule has 0 aromatic heterocycles. The van der Waals surface area contributed by atoms with Crippen LogP contribution in [0, 0.1) is 15.5 Å². The molecule has 0 aliphatic rings. The highest BCUT2D eigenvalue weighted by atomic mass is 16.6. The minimum Gasteiger partial charge on any atom is -0.493 e. The van der Waals surface area contributed by atoms with E-state index >= 15 is 0 Å². The van der Waals surface area contributed by atoms with Gasteiger partial charge in [-0.15, -0.1) is 0 Å². The highest BCUT2D eigenvalue weighted by Crippen LogP contribution is 2.08. The van der Waals surface area contributed by atoms with Crippen LogP contribution in [0.15, 0.2) is 30.3 Å². The summed E-state index contributed by atoms with van der Waals surface area (Å²) in [6.45, 7) is -0.102. The molecule has 0 unspecified atom stereocenters. The lowest BCUT2D eigenvalue weighted by atomic mass is 10.3. The fourth-order valence-corrected chi connectivity index (χ4v) is 1.04. The maximum atomic E-state index is 10.1. The van der Waals surface area contributed by atoms with Crippen LogP contribution in [-0.2, 0) is 0 Å². The van der Waals surface area contributed by atoms with Gasteiger partial charge in [0.2, 0.25) is 6.54 Å².